The lowest BCUT2D eigenvalue weighted by molar-refractivity contribution is 0.967. The Labute approximate surface area is 162 Å². The Bertz CT molecular complexity index is 1310. The van der Waals surface area contributed by atoms with Crippen LogP contribution >= 0.6 is 11.3 Å². The van der Waals surface area contributed by atoms with E-state index in [1.807, 2.05) is 11.3 Å². The van der Waals surface area contributed by atoms with Gasteiger partial charge in [-0.15, -0.1) is 11.3 Å². The van der Waals surface area contributed by atoms with Crippen molar-refractivity contribution < 1.29 is 0 Å². The molecule has 0 radical (unpaired) electrons. The fourth-order valence-electron chi connectivity index (χ4n) is 4.27. The second-order valence-electron chi connectivity index (χ2n) is 7.01. The number of thiophene rings is 1. The van der Waals surface area contributed by atoms with Gasteiger partial charge in [-0.2, -0.15) is 0 Å². The van der Waals surface area contributed by atoms with Crippen LogP contribution in [0, 0.1) is 0 Å². The Morgan fingerprint density at radius 3 is 2.26 bits per heavy atom. The van der Waals surface area contributed by atoms with Gasteiger partial charge >= 0.3 is 0 Å². The first-order chi connectivity index (χ1) is 13.4. The maximum absolute atomic E-state index is 2.48. The third-order valence-corrected chi connectivity index (χ3v) is 6.71. The number of benzene rings is 4. The van der Waals surface area contributed by atoms with Crippen LogP contribution in [0.1, 0.15) is 5.56 Å². The molecule has 0 aliphatic carbocycles. The van der Waals surface area contributed by atoms with E-state index in [0.717, 1.165) is 6.54 Å². The molecule has 0 atom stereocenters. The topological polar surface area (TPSA) is 3.24 Å². The molecule has 1 nitrogen and oxygen atoms in total. The molecule has 27 heavy (non-hydrogen) atoms. The molecule has 0 N–H and O–H groups in total. The number of fused-ring (bicyclic) bond motifs is 6. The lowest BCUT2D eigenvalue weighted by Gasteiger charge is -2.33. The molecule has 0 unspecified atom stereocenters. The van der Waals surface area contributed by atoms with Crippen molar-refractivity contribution in [2.24, 2.45) is 0 Å². The van der Waals surface area contributed by atoms with Crippen molar-refractivity contribution in [3.63, 3.8) is 0 Å². The highest BCUT2D eigenvalue weighted by molar-refractivity contribution is 7.26. The molecule has 0 saturated carbocycles. The van der Waals surface area contributed by atoms with Gasteiger partial charge in [-0.1, -0.05) is 72.8 Å². The fraction of sp³-hybridized carbons (Fsp3) is 0.0400. The summed E-state index contributed by atoms with van der Waals surface area (Å²) in [5.41, 5.74) is 6.65. The van der Waals surface area contributed by atoms with Crippen molar-refractivity contribution >= 4 is 42.9 Å². The number of anilines is 2. The quantitative estimate of drug-likeness (QED) is 0.300. The maximum atomic E-state index is 2.48. The van der Waals surface area contributed by atoms with Crippen LogP contribution < -0.4 is 4.90 Å². The summed E-state index contributed by atoms with van der Waals surface area (Å²) in [5, 5.41) is 2.70. The number of rotatable bonds is 1. The average Bonchev–Trinajstić information content (AvgIpc) is 3.12. The molecular weight excluding hydrogens is 346 g/mol. The van der Waals surface area contributed by atoms with E-state index in [0.29, 0.717) is 0 Å². The maximum Gasteiger partial charge on any atom is 0.0595 e. The minimum absolute atomic E-state index is 0.903. The average molecular weight is 363 g/mol. The predicted octanol–water partition coefficient (Wildman–Crippen LogP) is 7.37. The highest BCUT2D eigenvalue weighted by Crippen LogP contribution is 2.47. The minimum Gasteiger partial charge on any atom is -0.335 e. The standard InChI is InChI=1S/C25H17NS/c1-2-9-18-17(8-1)16-26(22-13-5-3-10-19(18)22)23-14-7-12-21-20-11-4-6-15-24(20)27-25(21)23/h1-15H,16H2. The predicted molar refractivity (Wildman–Crippen MR) is 117 cm³/mol. The summed E-state index contributed by atoms with van der Waals surface area (Å²) in [5.74, 6) is 0. The zero-order chi connectivity index (χ0) is 17.8. The van der Waals surface area contributed by atoms with Gasteiger partial charge in [0.2, 0.25) is 0 Å². The molecular formula is C25H17NS. The van der Waals surface area contributed by atoms with Gasteiger partial charge in [-0.25, -0.2) is 0 Å². The third kappa shape index (κ3) is 2.17. The van der Waals surface area contributed by atoms with E-state index < -0.39 is 0 Å². The second-order valence-corrected chi connectivity index (χ2v) is 8.06. The number of hydrogen-bond acceptors (Lipinski definition) is 2. The van der Waals surface area contributed by atoms with Crippen molar-refractivity contribution in [3.05, 3.63) is 96.6 Å². The Balaban J connectivity index is 1.64. The molecule has 4 aromatic carbocycles. The van der Waals surface area contributed by atoms with Gasteiger partial charge in [0, 0.05) is 33.3 Å². The first kappa shape index (κ1) is 15.0. The van der Waals surface area contributed by atoms with Gasteiger partial charge < -0.3 is 4.90 Å². The van der Waals surface area contributed by atoms with Crippen LogP contribution in [0.25, 0.3) is 31.3 Å². The number of para-hydroxylation sites is 1. The molecule has 128 valence electrons. The van der Waals surface area contributed by atoms with Crippen molar-refractivity contribution in [1.82, 2.24) is 0 Å². The number of nitrogens with zero attached hydrogens (tertiary/aromatic N) is 1. The van der Waals surface area contributed by atoms with E-state index >= 15 is 0 Å². The zero-order valence-corrected chi connectivity index (χ0v) is 15.5. The SMILES string of the molecule is c1ccc2c(c1)CN(c1cccc3c1sc1ccccc13)c1ccccc1-2. The van der Waals surface area contributed by atoms with Gasteiger partial charge in [-0.3, -0.25) is 0 Å². The molecule has 2 heteroatoms. The van der Waals surface area contributed by atoms with Gasteiger partial charge in [0.1, 0.15) is 0 Å². The second kappa shape index (κ2) is 5.70. The third-order valence-electron chi connectivity index (χ3n) is 5.51. The Kier molecular flexibility index (Phi) is 3.17. The molecule has 6 rings (SSSR count). The van der Waals surface area contributed by atoms with E-state index in [1.165, 1.54) is 48.2 Å². The van der Waals surface area contributed by atoms with E-state index in [2.05, 4.69) is 95.9 Å². The van der Waals surface area contributed by atoms with E-state index in [9.17, 15) is 0 Å². The summed E-state index contributed by atoms with van der Waals surface area (Å²) in [6.45, 7) is 0.903. The van der Waals surface area contributed by atoms with Crippen molar-refractivity contribution in [2.75, 3.05) is 4.90 Å². The Hall–Kier alpha value is -3.10. The van der Waals surface area contributed by atoms with Crippen LogP contribution in [0.4, 0.5) is 11.4 Å². The lowest BCUT2D eigenvalue weighted by atomic mass is 9.93. The van der Waals surface area contributed by atoms with Crippen LogP contribution in [0.3, 0.4) is 0 Å². The van der Waals surface area contributed by atoms with Crippen LogP contribution in [0.2, 0.25) is 0 Å². The molecule has 1 aliphatic rings. The summed E-state index contributed by atoms with van der Waals surface area (Å²) in [7, 11) is 0. The van der Waals surface area contributed by atoms with Crippen LogP contribution in [0.5, 0.6) is 0 Å². The molecule has 0 fully saturated rings. The summed E-state index contributed by atoms with van der Waals surface area (Å²) >= 11 is 1.90. The lowest BCUT2D eigenvalue weighted by Crippen LogP contribution is -2.21. The Morgan fingerprint density at radius 1 is 0.593 bits per heavy atom. The van der Waals surface area contributed by atoms with E-state index in [-0.39, 0.29) is 0 Å². The smallest absolute Gasteiger partial charge is 0.0595 e. The molecule has 0 saturated heterocycles. The van der Waals surface area contributed by atoms with Crippen molar-refractivity contribution in [1.29, 1.82) is 0 Å². The Morgan fingerprint density at radius 2 is 1.30 bits per heavy atom. The molecule has 0 amide bonds. The summed E-state index contributed by atoms with van der Waals surface area (Å²) < 4.78 is 2.72. The highest BCUT2D eigenvalue weighted by Gasteiger charge is 2.24. The first-order valence-corrected chi connectivity index (χ1v) is 10.1. The van der Waals surface area contributed by atoms with E-state index in [4.69, 9.17) is 0 Å². The zero-order valence-electron chi connectivity index (χ0n) is 14.7. The largest absolute Gasteiger partial charge is 0.335 e. The van der Waals surface area contributed by atoms with Gasteiger partial charge in [0.05, 0.1) is 10.4 Å². The van der Waals surface area contributed by atoms with Gasteiger partial charge in [0.25, 0.3) is 0 Å². The minimum atomic E-state index is 0.903. The van der Waals surface area contributed by atoms with Crippen LogP contribution in [-0.4, -0.2) is 0 Å². The summed E-state index contributed by atoms with van der Waals surface area (Å²) in [6.07, 6.45) is 0. The highest BCUT2D eigenvalue weighted by atomic mass is 32.1. The fourth-order valence-corrected chi connectivity index (χ4v) is 5.50. The van der Waals surface area contributed by atoms with Gasteiger partial charge in [0.15, 0.2) is 0 Å². The summed E-state index contributed by atoms with van der Waals surface area (Å²) in [6, 6.07) is 33.0. The molecule has 1 aliphatic heterocycles. The van der Waals surface area contributed by atoms with Crippen molar-refractivity contribution in [3.8, 4) is 11.1 Å². The normalized spacial score (nSPS) is 13.0. The summed E-state index contributed by atoms with van der Waals surface area (Å²) in [4.78, 5) is 2.48. The monoisotopic (exact) mass is 363 g/mol. The molecule has 1 aromatic heterocycles. The van der Waals surface area contributed by atoms with Crippen LogP contribution in [0.15, 0.2) is 91.0 Å². The molecule has 0 bridgehead atoms. The van der Waals surface area contributed by atoms with Gasteiger partial charge in [-0.05, 0) is 29.3 Å². The van der Waals surface area contributed by atoms with E-state index in [1.54, 1.807) is 0 Å². The molecule has 0 spiro atoms. The first-order valence-electron chi connectivity index (χ1n) is 9.25. The molecule has 5 aromatic rings. The molecule has 2 heterocycles. The van der Waals surface area contributed by atoms with Crippen LogP contribution in [-0.2, 0) is 6.54 Å². The number of hydrogen-bond donors (Lipinski definition) is 0. The van der Waals surface area contributed by atoms with Crippen molar-refractivity contribution in [2.45, 2.75) is 6.54 Å².